The molecule has 0 unspecified atom stereocenters. The van der Waals surface area contributed by atoms with Gasteiger partial charge in [0.1, 0.15) is 11.5 Å². The minimum Gasteiger partial charge on any atom is -0.494 e. The molecular weight excluding hydrogens is 336 g/mol. The van der Waals surface area contributed by atoms with E-state index in [2.05, 4.69) is 15.2 Å². The van der Waals surface area contributed by atoms with Gasteiger partial charge in [-0.3, -0.25) is 14.3 Å². The van der Waals surface area contributed by atoms with Crippen LogP contribution in [0, 0.1) is 0 Å². The first-order valence-corrected chi connectivity index (χ1v) is 8.89. The molecule has 0 N–H and O–H groups in total. The topological polar surface area (TPSA) is 69.9 Å². The van der Waals surface area contributed by atoms with Crippen LogP contribution in [0.2, 0.25) is 0 Å². The molecule has 2 heterocycles. The van der Waals surface area contributed by atoms with Gasteiger partial charge in [-0.1, -0.05) is 11.8 Å². The zero-order valence-corrected chi connectivity index (χ0v) is 14.9. The van der Waals surface area contributed by atoms with Gasteiger partial charge in [0.25, 0.3) is 0 Å². The molecule has 0 radical (unpaired) electrons. The standard InChI is InChI=1S/C18H18N4O2S/c1-3-24-16-8-6-15(7-9-16)22-17(14-5-4-10-19-11-14)20-21-18(22)25-12-13(2)23/h4-11H,3,12H2,1-2H3. The zero-order chi connectivity index (χ0) is 17.6. The molecule has 0 saturated heterocycles. The summed E-state index contributed by atoms with van der Waals surface area (Å²) in [6, 6.07) is 11.5. The number of aromatic nitrogens is 4. The highest BCUT2D eigenvalue weighted by atomic mass is 32.2. The molecule has 6 nitrogen and oxygen atoms in total. The van der Waals surface area contributed by atoms with Crippen LogP contribution in [0.3, 0.4) is 0 Å². The summed E-state index contributed by atoms with van der Waals surface area (Å²) in [4.78, 5) is 15.5. The van der Waals surface area contributed by atoms with Crippen LogP contribution >= 0.6 is 11.8 Å². The summed E-state index contributed by atoms with van der Waals surface area (Å²) in [5, 5.41) is 9.24. The van der Waals surface area contributed by atoms with E-state index in [0.717, 1.165) is 17.0 Å². The zero-order valence-electron chi connectivity index (χ0n) is 14.0. The summed E-state index contributed by atoms with van der Waals surface area (Å²) in [5.74, 6) is 1.93. The van der Waals surface area contributed by atoms with E-state index in [0.29, 0.717) is 23.3 Å². The second-order valence-corrected chi connectivity index (χ2v) is 6.24. The monoisotopic (exact) mass is 354 g/mol. The number of carbonyl (C=O) groups excluding carboxylic acids is 1. The normalized spacial score (nSPS) is 10.6. The second-order valence-electron chi connectivity index (χ2n) is 5.30. The summed E-state index contributed by atoms with van der Waals surface area (Å²) in [6.45, 7) is 4.13. The third-order valence-corrected chi connectivity index (χ3v) is 4.44. The average Bonchev–Trinajstić information content (AvgIpc) is 3.05. The number of Topliss-reactive ketones (excluding diaryl/α,β-unsaturated/α-hetero) is 1. The van der Waals surface area contributed by atoms with Crippen molar-refractivity contribution < 1.29 is 9.53 Å². The lowest BCUT2D eigenvalue weighted by Gasteiger charge is -2.11. The van der Waals surface area contributed by atoms with E-state index in [1.54, 1.807) is 19.3 Å². The number of ether oxygens (including phenoxy) is 1. The maximum Gasteiger partial charge on any atom is 0.196 e. The Morgan fingerprint density at radius 2 is 2.00 bits per heavy atom. The lowest BCUT2D eigenvalue weighted by molar-refractivity contribution is -0.114. The Hall–Kier alpha value is -2.67. The van der Waals surface area contributed by atoms with Gasteiger partial charge in [-0.05, 0) is 50.2 Å². The quantitative estimate of drug-likeness (QED) is 0.606. The van der Waals surface area contributed by atoms with Crippen molar-refractivity contribution in [1.29, 1.82) is 0 Å². The maximum absolute atomic E-state index is 11.4. The van der Waals surface area contributed by atoms with Crippen LogP contribution < -0.4 is 4.74 Å². The van der Waals surface area contributed by atoms with Gasteiger partial charge >= 0.3 is 0 Å². The number of benzene rings is 1. The Labute approximate surface area is 150 Å². The molecule has 0 saturated carbocycles. The molecule has 7 heteroatoms. The Bertz CT molecular complexity index is 847. The Balaban J connectivity index is 2.04. The van der Waals surface area contributed by atoms with Gasteiger partial charge in [-0.2, -0.15) is 0 Å². The van der Waals surface area contributed by atoms with Crippen LogP contribution in [-0.2, 0) is 4.79 Å². The first-order chi connectivity index (χ1) is 12.2. The van der Waals surface area contributed by atoms with Gasteiger partial charge in [0.2, 0.25) is 0 Å². The molecule has 3 aromatic rings. The molecule has 0 spiro atoms. The molecule has 1 aromatic carbocycles. The molecule has 0 aliphatic rings. The highest BCUT2D eigenvalue weighted by Gasteiger charge is 2.16. The summed E-state index contributed by atoms with van der Waals surface area (Å²) >= 11 is 1.37. The Morgan fingerprint density at radius 1 is 1.20 bits per heavy atom. The van der Waals surface area contributed by atoms with E-state index in [9.17, 15) is 4.79 Å². The molecule has 0 aliphatic heterocycles. The van der Waals surface area contributed by atoms with Gasteiger partial charge in [0.05, 0.1) is 12.4 Å². The van der Waals surface area contributed by atoms with Crippen LogP contribution in [0.1, 0.15) is 13.8 Å². The molecule has 2 aromatic heterocycles. The van der Waals surface area contributed by atoms with Crippen LogP contribution in [0.5, 0.6) is 5.75 Å². The van der Waals surface area contributed by atoms with Crippen molar-refractivity contribution in [2.24, 2.45) is 0 Å². The predicted octanol–water partition coefficient (Wildman–Crippen LogP) is 3.41. The number of carbonyl (C=O) groups is 1. The van der Waals surface area contributed by atoms with Gasteiger partial charge in [-0.25, -0.2) is 0 Å². The summed E-state index contributed by atoms with van der Waals surface area (Å²) in [7, 11) is 0. The van der Waals surface area contributed by atoms with E-state index in [4.69, 9.17) is 4.74 Å². The van der Waals surface area contributed by atoms with E-state index in [1.165, 1.54) is 11.8 Å². The number of ketones is 1. The first-order valence-electron chi connectivity index (χ1n) is 7.90. The van der Waals surface area contributed by atoms with Crippen LogP contribution in [0.4, 0.5) is 0 Å². The minimum absolute atomic E-state index is 0.0918. The molecule has 25 heavy (non-hydrogen) atoms. The van der Waals surface area contributed by atoms with E-state index >= 15 is 0 Å². The second kappa shape index (κ2) is 7.94. The number of nitrogens with zero attached hydrogens (tertiary/aromatic N) is 4. The van der Waals surface area contributed by atoms with Gasteiger partial charge < -0.3 is 4.74 Å². The van der Waals surface area contributed by atoms with Gasteiger partial charge in [0.15, 0.2) is 11.0 Å². The fraction of sp³-hybridized carbons (Fsp3) is 0.222. The summed E-state index contributed by atoms with van der Waals surface area (Å²) in [6.07, 6.45) is 3.46. The van der Waals surface area contributed by atoms with E-state index in [1.807, 2.05) is 47.9 Å². The van der Waals surface area contributed by atoms with Crippen molar-refractivity contribution in [2.75, 3.05) is 12.4 Å². The molecule has 3 rings (SSSR count). The van der Waals surface area contributed by atoms with Crippen molar-refractivity contribution in [1.82, 2.24) is 19.7 Å². The summed E-state index contributed by atoms with van der Waals surface area (Å²) in [5.41, 5.74) is 1.76. The predicted molar refractivity (Wildman–Crippen MR) is 97.2 cm³/mol. The molecule has 0 fully saturated rings. The van der Waals surface area contributed by atoms with Gasteiger partial charge in [-0.15, -0.1) is 10.2 Å². The molecular formula is C18H18N4O2S. The van der Waals surface area contributed by atoms with Crippen LogP contribution in [-0.4, -0.2) is 37.9 Å². The van der Waals surface area contributed by atoms with E-state index in [-0.39, 0.29) is 5.78 Å². The lowest BCUT2D eigenvalue weighted by atomic mass is 10.2. The SMILES string of the molecule is CCOc1ccc(-n2c(SCC(C)=O)nnc2-c2cccnc2)cc1. The van der Waals surface area contributed by atoms with Crippen molar-refractivity contribution in [2.45, 2.75) is 19.0 Å². The molecule has 0 aliphatic carbocycles. The first kappa shape index (κ1) is 17.2. The minimum atomic E-state index is 0.0918. The number of rotatable bonds is 7. The summed E-state index contributed by atoms with van der Waals surface area (Å²) < 4.78 is 7.43. The third-order valence-electron chi connectivity index (χ3n) is 3.36. The molecule has 0 atom stereocenters. The third kappa shape index (κ3) is 4.06. The lowest BCUT2D eigenvalue weighted by Crippen LogP contribution is -2.02. The van der Waals surface area contributed by atoms with Crippen molar-refractivity contribution >= 4 is 17.5 Å². The van der Waals surface area contributed by atoms with Crippen molar-refractivity contribution in [3.63, 3.8) is 0 Å². The number of thioether (sulfide) groups is 1. The molecule has 0 amide bonds. The number of hydrogen-bond donors (Lipinski definition) is 0. The average molecular weight is 354 g/mol. The smallest absolute Gasteiger partial charge is 0.196 e. The molecule has 128 valence electrons. The van der Waals surface area contributed by atoms with Gasteiger partial charge in [0, 0.05) is 23.6 Å². The fourth-order valence-corrected chi connectivity index (χ4v) is 3.05. The fourth-order valence-electron chi connectivity index (χ4n) is 2.30. The maximum atomic E-state index is 11.4. The number of pyridine rings is 1. The highest BCUT2D eigenvalue weighted by molar-refractivity contribution is 7.99. The largest absolute Gasteiger partial charge is 0.494 e. The van der Waals surface area contributed by atoms with Crippen molar-refractivity contribution in [3.05, 3.63) is 48.8 Å². The van der Waals surface area contributed by atoms with Crippen molar-refractivity contribution in [3.8, 4) is 22.8 Å². The van der Waals surface area contributed by atoms with E-state index < -0.39 is 0 Å². The van der Waals surface area contributed by atoms with Crippen LogP contribution in [0.25, 0.3) is 17.1 Å². The number of hydrogen-bond acceptors (Lipinski definition) is 6. The van der Waals surface area contributed by atoms with Crippen LogP contribution in [0.15, 0.2) is 53.9 Å². The molecule has 0 bridgehead atoms. The Kier molecular flexibility index (Phi) is 5.45. The Morgan fingerprint density at radius 3 is 2.64 bits per heavy atom. The highest BCUT2D eigenvalue weighted by Crippen LogP contribution is 2.28.